The van der Waals surface area contributed by atoms with Gasteiger partial charge in [0.2, 0.25) is 5.78 Å². The molecule has 2 aliphatic carbocycles. The maximum Gasteiger partial charge on any atom is 0.235 e. The summed E-state index contributed by atoms with van der Waals surface area (Å²) in [6, 6.07) is 60.1. The Labute approximate surface area is 343 Å². The van der Waals surface area contributed by atoms with E-state index >= 15 is 0 Å². The second-order valence-corrected chi connectivity index (χ2v) is 16.9. The van der Waals surface area contributed by atoms with E-state index in [2.05, 4.69) is 120 Å². The van der Waals surface area contributed by atoms with Gasteiger partial charge in [-0.15, -0.1) is 10.5 Å². The van der Waals surface area contributed by atoms with Crippen LogP contribution in [0.4, 0.5) is 0 Å². The van der Waals surface area contributed by atoms with Gasteiger partial charge in [0, 0.05) is 27.6 Å². The van der Waals surface area contributed by atoms with Crippen LogP contribution >= 0.6 is 10.5 Å². The van der Waals surface area contributed by atoms with E-state index in [1.165, 1.54) is 44.5 Å². The van der Waals surface area contributed by atoms with Gasteiger partial charge < -0.3 is 0 Å². The fourth-order valence-corrected chi connectivity index (χ4v) is 10.6. The van der Waals surface area contributed by atoms with Gasteiger partial charge in [0.1, 0.15) is 0 Å². The number of para-hydroxylation sites is 1. The minimum atomic E-state index is -0.443. The van der Waals surface area contributed by atoms with E-state index in [0.29, 0.717) is 23.3 Å². The highest BCUT2D eigenvalue weighted by Crippen LogP contribution is 2.63. The lowest BCUT2D eigenvalue weighted by atomic mass is 9.70. The summed E-state index contributed by atoms with van der Waals surface area (Å²) in [7, 11) is -0.443. The van der Waals surface area contributed by atoms with Gasteiger partial charge in [-0.25, -0.2) is 24.9 Å². The molecule has 3 heterocycles. The molecule has 3 aromatic heterocycles. The fourth-order valence-electron chi connectivity index (χ4n) is 9.59. The minimum Gasteiger partial charge on any atom is -0.271 e. The molecule has 1 atom stereocenters. The first-order chi connectivity index (χ1) is 29.1. The van der Waals surface area contributed by atoms with Crippen molar-refractivity contribution in [3.63, 3.8) is 0 Å². The molecule has 59 heavy (non-hydrogen) atoms. The molecule has 6 nitrogen and oxygen atoms in total. The summed E-state index contributed by atoms with van der Waals surface area (Å²) in [6.45, 7) is 0. The molecule has 0 bridgehead atoms. The molecule has 7 aromatic carbocycles. The van der Waals surface area contributed by atoms with Crippen molar-refractivity contribution >= 4 is 33.0 Å². The molecule has 0 aliphatic heterocycles. The summed E-state index contributed by atoms with van der Waals surface area (Å²) < 4.78 is 2.22. The lowest BCUT2D eigenvalue weighted by Crippen LogP contribution is -2.25. The van der Waals surface area contributed by atoms with Crippen molar-refractivity contribution in [2.45, 2.75) is 10.4 Å². The van der Waals surface area contributed by atoms with Crippen molar-refractivity contribution in [1.29, 1.82) is 0 Å². The molecular formula is C52H34N6S. The molecule has 0 saturated carbocycles. The Bertz CT molecular complexity index is 3250. The fraction of sp³-hybridized carbons (Fsp3) is 0.0385. The van der Waals surface area contributed by atoms with E-state index in [4.69, 9.17) is 24.9 Å². The molecule has 10 aromatic rings. The average Bonchev–Trinajstić information content (AvgIpc) is 3.95. The van der Waals surface area contributed by atoms with Crippen LogP contribution in [0.15, 0.2) is 181 Å². The third kappa shape index (κ3) is 4.82. The first-order valence-electron chi connectivity index (χ1n) is 19.7. The van der Waals surface area contributed by atoms with Crippen LogP contribution in [0, 0.1) is 0 Å². The van der Waals surface area contributed by atoms with Crippen molar-refractivity contribution in [3.05, 3.63) is 198 Å². The maximum atomic E-state index is 5.31. The normalized spacial score (nSPS) is 13.6. The highest BCUT2D eigenvalue weighted by Gasteiger charge is 2.51. The lowest BCUT2D eigenvalue weighted by molar-refractivity contribution is 0.794. The van der Waals surface area contributed by atoms with Gasteiger partial charge in [0.15, 0.2) is 17.5 Å². The number of benzene rings is 7. The number of aromatic nitrogens is 6. The van der Waals surface area contributed by atoms with Crippen molar-refractivity contribution in [2.75, 3.05) is 6.26 Å². The summed E-state index contributed by atoms with van der Waals surface area (Å²) in [6.07, 6.45) is 4.13. The van der Waals surface area contributed by atoms with Gasteiger partial charge >= 0.3 is 0 Å². The standard InChI is InChI=1S/C52H34N6S/c1-59(2)50-40-24-15-23-39(49-56-47(32-16-5-3-6-17-32)55-48(57-49)33-18-7-4-8-19-33)46(40)54-51-53-31-45(58(50)51)34-28-29-38-37-22-11-14-27-43(37)52(44(38)30-34)41-25-12-9-20-35(41)36-21-10-13-26-42(36)52/h3-31H,1H2,2H3/t59-/m0/s1. The Balaban J connectivity index is 1.08. The highest BCUT2D eigenvalue weighted by molar-refractivity contribution is 8.13. The van der Waals surface area contributed by atoms with Crippen LogP contribution in [0.1, 0.15) is 22.3 Å². The maximum absolute atomic E-state index is 5.31. The molecule has 7 heteroatoms. The third-order valence-electron chi connectivity index (χ3n) is 12.0. The van der Waals surface area contributed by atoms with E-state index in [1.807, 2.05) is 72.9 Å². The van der Waals surface area contributed by atoms with Gasteiger partial charge in [-0.05, 0) is 62.9 Å². The molecule has 0 radical (unpaired) electrons. The van der Waals surface area contributed by atoms with Crippen molar-refractivity contribution < 1.29 is 0 Å². The number of rotatable bonds is 5. The van der Waals surface area contributed by atoms with E-state index in [-0.39, 0.29) is 0 Å². The zero-order valence-corrected chi connectivity index (χ0v) is 32.9. The Hall–Kier alpha value is -7.35. The van der Waals surface area contributed by atoms with Crippen molar-refractivity contribution in [3.8, 4) is 67.7 Å². The van der Waals surface area contributed by atoms with Gasteiger partial charge in [0.25, 0.3) is 0 Å². The number of imidazole rings is 1. The highest BCUT2D eigenvalue weighted by atomic mass is 32.2. The summed E-state index contributed by atoms with van der Waals surface area (Å²) in [5.74, 6) is 7.00. The number of fused-ring (bicyclic) bond motifs is 12. The van der Waals surface area contributed by atoms with E-state index < -0.39 is 15.9 Å². The van der Waals surface area contributed by atoms with Crippen LogP contribution in [0.25, 0.3) is 84.4 Å². The van der Waals surface area contributed by atoms with Gasteiger partial charge in [0.05, 0.1) is 27.8 Å². The predicted octanol–water partition coefficient (Wildman–Crippen LogP) is 11.8. The Morgan fingerprint density at radius 2 is 0.983 bits per heavy atom. The quantitative estimate of drug-likeness (QED) is 0.129. The molecule has 0 amide bonds. The third-order valence-corrected chi connectivity index (χ3v) is 13.1. The Kier molecular flexibility index (Phi) is 7.34. The van der Waals surface area contributed by atoms with Gasteiger partial charge in [-0.2, -0.15) is 0 Å². The van der Waals surface area contributed by atoms with Crippen LogP contribution in [-0.2, 0) is 5.41 Å². The molecule has 0 fully saturated rings. The van der Waals surface area contributed by atoms with Gasteiger partial charge in [-0.3, -0.25) is 4.40 Å². The van der Waals surface area contributed by atoms with E-state index in [1.54, 1.807) is 0 Å². The van der Waals surface area contributed by atoms with Crippen LogP contribution in [0.2, 0.25) is 0 Å². The number of nitrogens with zero attached hydrogens (tertiary/aromatic N) is 6. The molecule has 0 saturated heterocycles. The van der Waals surface area contributed by atoms with Crippen molar-refractivity contribution in [2.24, 2.45) is 0 Å². The topological polar surface area (TPSA) is 68.9 Å². The largest absolute Gasteiger partial charge is 0.271 e. The summed E-state index contributed by atoms with van der Waals surface area (Å²) in [5.41, 5.74) is 15.4. The smallest absolute Gasteiger partial charge is 0.235 e. The Morgan fingerprint density at radius 3 is 1.56 bits per heavy atom. The zero-order chi connectivity index (χ0) is 39.2. The zero-order valence-electron chi connectivity index (χ0n) is 32.0. The summed E-state index contributed by atoms with van der Waals surface area (Å²) in [4.78, 5) is 25.4. The summed E-state index contributed by atoms with van der Waals surface area (Å²) >= 11 is 0. The SMILES string of the molecule is C=[S@@](C)c1c2cccc(-c3nc(-c4ccccc4)nc(-c4ccccc4)n3)c2nc2ncc(-c3ccc4c(c3)C3(c5ccccc5-c5ccccc53)c3ccccc3-4)n12. The first kappa shape index (κ1) is 33.8. The van der Waals surface area contributed by atoms with E-state index in [0.717, 1.165) is 43.9 Å². The van der Waals surface area contributed by atoms with Crippen molar-refractivity contribution in [1.82, 2.24) is 29.3 Å². The summed E-state index contributed by atoms with van der Waals surface area (Å²) in [5, 5.41) is 2.04. The second kappa shape index (κ2) is 12.8. The molecule has 12 rings (SSSR count). The molecular weight excluding hydrogens is 741 g/mol. The number of hydrogen-bond acceptors (Lipinski definition) is 5. The van der Waals surface area contributed by atoms with Crippen LogP contribution in [0.3, 0.4) is 0 Å². The number of hydrogen-bond donors (Lipinski definition) is 0. The van der Waals surface area contributed by atoms with Crippen LogP contribution < -0.4 is 0 Å². The molecule has 0 N–H and O–H groups in total. The van der Waals surface area contributed by atoms with Crippen LogP contribution in [-0.4, -0.2) is 41.4 Å². The molecule has 1 spiro atoms. The molecule has 0 unspecified atom stereocenters. The minimum absolute atomic E-state index is 0.443. The second-order valence-electron chi connectivity index (χ2n) is 15.2. The van der Waals surface area contributed by atoms with E-state index in [9.17, 15) is 0 Å². The van der Waals surface area contributed by atoms with Gasteiger partial charge in [-0.1, -0.05) is 164 Å². The molecule has 278 valence electrons. The monoisotopic (exact) mass is 774 g/mol. The lowest BCUT2D eigenvalue weighted by Gasteiger charge is -2.30. The molecule has 2 aliphatic rings. The average molecular weight is 775 g/mol. The Morgan fingerprint density at radius 1 is 0.475 bits per heavy atom. The predicted molar refractivity (Wildman–Crippen MR) is 241 cm³/mol. The van der Waals surface area contributed by atoms with Crippen LogP contribution in [0.5, 0.6) is 0 Å². The first-order valence-corrected chi connectivity index (χ1v) is 21.5.